The molecule has 9 heteroatoms. The first-order valence-corrected chi connectivity index (χ1v) is 7.92. The zero-order chi connectivity index (χ0) is 16.7. The monoisotopic (exact) mass is 333 g/mol. The highest BCUT2D eigenvalue weighted by Crippen LogP contribution is 2.29. The number of rotatable bonds is 3. The molecule has 0 saturated carbocycles. The zero-order valence-corrected chi connectivity index (χ0v) is 13.0. The smallest absolute Gasteiger partial charge is 0.271 e. The Bertz CT molecular complexity index is 810. The summed E-state index contributed by atoms with van der Waals surface area (Å²) in [5.41, 5.74) is 0.0949. The molecule has 0 bridgehead atoms. The van der Waals surface area contributed by atoms with Gasteiger partial charge in [0.15, 0.2) is 10.7 Å². The van der Waals surface area contributed by atoms with Gasteiger partial charge in [-0.15, -0.1) is 0 Å². The topological polar surface area (TPSA) is 64.8 Å². The molecule has 0 radical (unpaired) electrons. The summed E-state index contributed by atoms with van der Waals surface area (Å²) >= 11 is 0. The number of hydrogen-bond donors (Lipinski definition) is 0. The van der Waals surface area contributed by atoms with Crippen molar-refractivity contribution in [1.82, 2.24) is 14.8 Å². The summed E-state index contributed by atoms with van der Waals surface area (Å²) in [4.78, 5) is 3.89. The summed E-state index contributed by atoms with van der Waals surface area (Å²) in [7, 11) is -2.58. The average Bonchev–Trinajstić information content (AvgIpc) is 2.69. The van der Waals surface area contributed by atoms with Crippen molar-refractivity contribution in [2.75, 3.05) is 0 Å². The molecule has 2 aromatic rings. The van der Waals surface area contributed by atoms with Crippen LogP contribution >= 0.6 is 0 Å². The Morgan fingerprint density at radius 1 is 1.23 bits per heavy atom. The van der Waals surface area contributed by atoms with E-state index in [2.05, 4.69) is 10.1 Å². The lowest BCUT2D eigenvalue weighted by molar-refractivity contribution is -0.141. The van der Waals surface area contributed by atoms with Gasteiger partial charge in [-0.1, -0.05) is 6.07 Å². The van der Waals surface area contributed by atoms with Crippen LogP contribution in [0.1, 0.15) is 22.5 Å². The molecule has 0 N–H and O–H groups in total. The predicted molar refractivity (Wildman–Crippen MR) is 72.8 cm³/mol. The molecule has 22 heavy (non-hydrogen) atoms. The van der Waals surface area contributed by atoms with Crippen LogP contribution in [0.25, 0.3) is 0 Å². The van der Waals surface area contributed by atoms with Crippen LogP contribution in [0, 0.1) is 13.8 Å². The van der Waals surface area contributed by atoms with E-state index in [4.69, 9.17) is 0 Å². The Morgan fingerprint density at radius 2 is 1.86 bits per heavy atom. The third-order valence-electron chi connectivity index (χ3n) is 3.07. The van der Waals surface area contributed by atoms with Crippen LogP contribution < -0.4 is 0 Å². The fourth-order valence-corrected chi connectivity index (χ4v) is 3.63. The Balaban J connectivity index is 2.39. The summed E-state index contributed by atoms with van der Waals surface area (Å²) in [6.45, 7) is 3.37. The van der Waals surface area contributed by atoms with Crippen LogP contribution in [0.15, 0.2) is 23.4 Å². The third kappa shape index (κ3) is 3.29. The van der Waals surface area contributed by atoms with Crippen LogP contribution in [0.5, 0.6) is 0 Å². The minimum absolute atomic E-state index is 0.0471. The van der Waals surface area contributed by atoms with Crippen LogP contribution in [0.3, 0.4) is 0 Å². The summed E-state index contributed by atoms with van der Waals surface area (Å²) < 4.78 is 63.5. The number of aryl methyl sites for hydroxylation is 3. The van der Waals surface area contributed by atoms with Gasteiger partial charge in [0, 0.05) is 13.2 Å². The number of sulfone groups is 1. The molecule has 0 atom stereocenters. The van der Waals surface area contributed by atoms with E-state index < -0.39 is 27.5 Å². The molecule has 2 aromatic heterocycles. The van der Waals surface area contributed by atoms with Crippen molar-refractivity contribution in [3.8, 4) is 0 Å². The predicted octanol–water partition coefficient (Wildman–Crippen LogP) is 2.42. The molecule has 0 unspecified atom stereocenters. The van der Waals surface area contributed by atoms with Gasteiger partial charge in [-0.25, -0.2) is 13.4 Å². The van der Waals surface area contributed by atoms with Gasteiger partial charge in [0.25, 0.3) is 0 Å². The molecule has 120 valence electrons. The fourth-order valence-electron chi connectivity index (χ4n) is 2.07. The Kier molecular flexibility index (Phi) is 4.03. The molecule has 2 rings (SSSR count). The minimum atomic E-state index is -4.61. The lowest BCUT2D eigenvalue weighted by atomic mass is 10.2. The Morgan fingerprint density at radius 3 is 2.36 bits per heavy atom. The van der Waals surface area contributed by atoms with Gasteiger partial charge in [-0.05, 0) is 31.0 Å². The summed E-state index contributed by atoms with van der Waals surface area (Å²) in [5, 5.41) is 3.17. The molecule has 0 spiro atoms. The van der Waals surface area contributed by atoms with Crippen LogP contribution in [-0.4, -0.2) is 23.2 Å². The first-order chi connectivity index (χ1) is 10.0. The number of hydrogen-bond acceptors (Lipinski definition) is 4. The van der Waals surface area contributed by atoms with E-state index in [0.29, 0.717) is 5.56 Å². The number of aromatic nitrogens is 3. The fraction of sp³-hybridized carbons (Fsp3) is 0.385. The number of pyridine rings is 1. The van der Waals surface area contributed by atoms with E-state index in [1.807, 2.05) is 0 Å². The molecule has 0 saturated heterocycles. The Hall–Kier alpha value is -1.90. The lowest BCUT2D eigenvalue weighted by Crippen LogP contribution is -2.12. The maximum Gasteiger partial charge on any atom is 0.435 e. The minimum Gasteiger partial charge on any atom is -0.271 e. The molecule has 0 aliphatic heterocycles. The van der Waals surface area contributed by atoms with Gasteiger partial charge < -0.3 is 0 Å². The largest absolute Gasteiger partial charge is 0.435 e. The normalized spacial score (nSPS) is 12.6. The van der Waals surface area contributed by atoms with Crippen LogP contribution in [0.2, 0.25) is 0 Å². The third-order valence-corrected chi connectivity index (χ3v) is 4.76. The SMILES string of the molecule is Cc1cnc(S(=O)(=O)Cc2cc(C(F)(F)F)nn2C)c(C)c1. The van der Waals surface area contributed by atoms with E-state index in [0.717, 1.165) is 16.3 Å². The second-order valence-corrected chi connectivity index (χ2v) is 6.94. The average molecular weight is 333 g/mol. The lowest BCUT2D eigenvalue weighted by Gasteiger charge is -2.07. The quantitative estimate of drug-likeness (QED) is 0.865. The highest BCUT2D eigenvalue weighted by atomic mass is 32.2. The summed E-state index contributed by atoms with van der Waals surface area (Å²) in [6, 6.07) is 2.39. The van der Waals surface area contributed by atoms with Gasteiger partial charge in [0.05, 0.1) is 11.4 Å². The van der Waals surface area contributed by atoms with Crippen molar-refractivity contribution in [3.05, 3.63) is 40.8 Å². The van der Waals surface area contributed by atoms with E-state index in [-0.39, 0.29) is 10.7 Å². The van der Waals surface area contributed by atoms with Crippen molar-refractivity contribution in [2.45, 2.75) is 30.8 Å². The van der Waals surface area contributed by atoms with Crippen molar-refractivity contribution in [1.29, 1.82) is 0 Å². The van der Waals surface area contributed by atoms with Gasteiger partial charge in [-0.3, -0.25) is 4.68 Å². The number of alkyl halides is 3. The van der Waals surface area contributed by atoms with Crippen LogP contribution in [-0.2, 0) is 28.8 Å². The van der Waals surface area contributed by atoms with E-state index >= 15 is 0 Å². The van der Waals surface area contributed by atoms with Crippen LogP contribution in [0.4, 0.5) is 13.2 Å². The molecule has 0 aliphatic rings. The van der Waals surface area contributed by atoms with Crippen molar-refractivity contribution in [2.24, 2.45) is 7.05 Å². The summed E-state index contributed by atoms with van der Waals surface area (Å²) in [6.07, 6.45) is -3.21. The molecular formula is C13H14F3N3O2S. The van der Waals surface area contributed by atoms with Gasteiger partial charge in [0.2, 0.25) is 9.84 Å². The standard InChI is InChI=1S/C13H14F3N3O2S/c1-8-4-9(2)12(17-6-8)22(20,21)7-10-5-11(13(14,15)16)18-19(10)3/h4-6H,7H2,1-3H3. The number of halogens is 3. The van der Waals surface area contributed by atoms with Crippen molar-refractivity contribution >= 4 is 9.84 Å². The first kappa shape index (κ1) is 16.5. The molecule has 0 aliphatic carbocycles. The van der Waals surface area contributed by atoms with E-state index in [9.17, 15) is 21.6 Å². The molecule has 5 nitrogen and oxygen atoms in total. The van der Waals surface area contributed by atoms with E-state index in [1.54, 1.807) is 19.9 Å². The molecule has 0 fully saturated rings. The molecule has 0 amide bonds. The van der Waals surface area contributed by atoms with Gasteiger partial charge >= 0.3 is 6.18 Å². The number of nitrogens with zero attached hydrogens (tertiary/aromatic N) is 3. The van der Waals surface area contributed by atoms with Gasteiger partial charge in [0.1, 0.15) is 0 Å². The molecule has 0 aromatic carbocycles. The van der Waals surface area contributed by atoms with Gasteiger partial charge in [-0.2, -0.15) is 18.3 Å². The molecular weight excluding hydrogens is 319 g/mol. The maximum absolute atomic E-state index is 12.6. The zero-order valence-electron chi connectivity index (χ0n) is 12.1. The van der Waals surface area contributed by atoms with E-state index in [1.165, 1.54) is 13.2 Å². The highest BCUT2D eigenvalue weighted by molar-refractivity contribution is 7.90. The highest BCUT2D eigenvalue weighted by Gasteiger charge is 2.35. The molecule has 2 heterocycles. The second kappa shape index (κ2) is 5.38. The second-order valence-electron chi connectivity index (χ2n) is 5.04. The maximum atomic E-state index is 12.6. The summed E-state index contributed by atoms with van der Waals surface area (Å²) in [5.74, 6) is -0.594. The Labute approximate surface area is 125 Å². The first-order valence-electron chi connectivity index (χ1n) is 6.27. The van der Waals surface area contributed by atoms with Crippen molar-refractivity contribution < 1.29 is 21.6 Å². The van der Waals surface area contributed by atoms with Crippen molar-refractivity contribution in [3.63, 3.8) is 0 Å².